The van der Waals surface area contributed by atoms with Crippen LogP contribution in [0, 0.1) is 0 Å². The highest BCUT2D eigenvalue weighted by Crippen LogP contribution is 2.27. The van der Waals surface area contributed by atoms with Gasteiger partial charge in [0.2, 0.25) is 11.6 Å². The lowest BCUT2D eigenvalue weighted by molar-refractivity contribution is -0.120. The summed E-state index contributed by atoms with van der Waals surface area (Å²) in [5, 5.41) is 19.2. The molecule has 0 fully saturated rings. The molecule has 0 aromatic heterocycles. The Morgan fingerprint density at radius 2 is 1.12 bits per heavy atom. The number of rotatable bonds is 4. The van der Waals surface area contributed by atoms with Crippen molar-refractivity contribution in [1.29, 1.82) is 0 Å². The lowest BCUT2D eigenvalue weighted by Gasteiger charge is -2.17. The molecular weight excluding hydrogens is 208 g/mol. The van der Waals surface area contributed by atoms with E-state index in [0.717, 1.165) is 0 Å². The summed E-state index contributed by atoms with van der Waals surface area (Å²) in [7, 11) is 0. The van der Waals surface area contributed by atoms with Gasteiger partial charge in [-0.2, -0.15) is 0 Å². The van der Waals surface area contributed by atoms with Crippen LogP contribution in [0.5, 0.6) is 0 Å². The summed E-state index contributed by atoms with van der Waals surface area (Å²) >= 11 is 0. The zero-order valence-corrected chi connectivity index (χ0v) is 9.54. The fraction of sp³-hybridized carbons (Fsp3) is 0.500. The van der Waals surface area contributed by atoms with E-state index in [1.54, 1.807) is 0 Å². The molecule has 16 heavy (non-hydrogen) atoms. The molecule has 0 saturated carbocycles. The van der Waals surface area contributed by atoms with E-state index in [-0.39, 0.29) is 11.1 Å². The first kappa shape index (κ1) is 12.5. The van der Waals surface area contributed by atoms with Crippen LogP contribution < -0.4 is 0 Å². The molecule has 0 heterocycles. The standard InChI is InChI=1S/C12H16O4/c1-3-5-7-9(13)11(15)8(6-4-2)12(16)10(7)14/h13,16H,3-6H2,1-2H3. The summed E-state index contributed by atoms with van der Waals surface area (Å²) in [6, 6.07) is 0. The molecule has 0 spiro atoms. The van der Waals surface area contributed by atoms with Crippen LogP contribution in [0.2, 0.25) is 0 Å². The number of carbonyl (C=O) groups is 2. The van der Waals surface area contributed by atoms with E-state index in [1.165, 1.54) is 0 Å². The minimum atomic E-state index is -0.609. The highest BCUT2D eigenvalue weighted by atomic mass is 16.3. The quantitative estimate of drug-likeness (QED) is 0.719. The minimum Gasteiger partial charge on any atom is -0.504 e. The second-order valence-electron chi connectivity index (χ2n) is 3.81. The van der Waals surface area contributed by atoms with Crippen molar-refractivity contribution >= 4 is 11.6 Å². The van der Waals surface area contributed by atoms with Crippen molar-refractivity contribution in [3.63, 3.8) is 0 Å². The molecule has 0 saturated heterocycles. The van der Waals surface area contributed by atoms with E-state index >= 15 is 0 Å². The van der Waals surface area contributed by atoms with E-state index in [1.807, 2.05) is 13.8 Å². The average Bonchev–Trinajstić information content (AvgIpc) is 2.28. The Kier molecular flexibility index (Phi) is 3.88. The summed E-state index contributed by atoms with van der Waals surface area (Å²) in [5.41, 5.74) is 0.0645. The maximum atomic E-state index is 11.7. The third-order valence-electron chi connectivity index (χ3n) is 2.55. The number of aliphatic hydroxyl groups excluding tert-OH is 2. The van der Waals surface area contributed by atoms with Crippen molar-refractivity contribution in [1.82, 2.24) is 0 Å². The lowest BCUT2D eigenvalue weighted by atomic mass is 9.89. The summed E-state index contributed by atoms with van der Waals surface area (Å²) < 4.78 is 0. The molecule has 0 amide bonds. The second-order valence-corrected chi connectivity index (χ2v) is 3.81. The topological polar surface area (TPSA) is 74.6 Å². The molecule has 0 unspecified atom stereocenters. The van der Waals surface area contributed by atoms with Gasteiger partial charge in [0.15, 0.2) is 11.5 Å². The predicted molar refractivity (Wildman–Crippen MR) is 59.1 cm³/mol. The van der Waals surface area contributed by atoms with Crippen LogP contribution in [0.15, 0.2) is 22.7 Å². The Labute approximate surface area is 94.3 Å². The van der Waals surface area contributed by atoms with E-state index < -0.39 is 23.1 Å². The number of hydrogen-bond donors (Lipinski definition) is 2. The van der Waals surface area contributed by atoms with Gasteiger partial charge in [0.25, 0.3) is 0 Å². The van der Waals surface area contributed by atoms with Gasteiger partial charge in [-0.3, -0.25) is 9.59 Å². The molecule has 1 aliphatic rings. The monoisotopic (exact) mass is 224 g/mol. The van der Waals surface area contributed by atoms with Crippen molar-refractivity contribution < 1.29 is 19.8 Å². The van der Waals surface area contributed by atoms with Crippen LogP contribution in [-0.2, 0) is 9.59 Å². The second kappa shape index (κ2) is 4.96. The van der Waals surface area contributed by atoms with Gasteiger partial charge in [-0.25, -0.2) is 0 Å². The van der Waals surface area contributed by atoms with E-state index in [0.29, 0.717) is 25.7 Å². The van der Waals surface area contributed by atoms with E-state index in [2.05, 4.69) is 0 Å². The van der Waals surface area contributed by atoms with Crippen molar-refractivity contribution in [3.8, 4) is 0 Å². The smallest absolute Gasteiger partial charge is 0.227 e. The van der Waals surface area contributed by atoms with Gasteiger partial charge < -0.3 is 10.2 Å². The summed E-state index contributed by atoms with van der Waals surface area (Å²) in [4.78, 5) is 23.4. The largest absolute Gasteiger partial charge is 0.504 e. The van der Waals surface area contributed by atoms with Gasteiger partial charge in [0.1, 0.15) is 0 Å². The molecule has 0 radical (unpaired) electrons. The Morgan fingerprint density at radius 1 is 0.812 bits per heavy atom. The Hall–Kier alpha value is -1.58. The van der Waals surface area contributed by atoms with Crippen LogP contribution in [0.1, 0.15) is 39.5 Å². The molecule has 0 aliphatic heterocycles. The molecule has 1 rings (SSSR count). The fourth-order valence-corrected chi connectivity index (χ4v) is 1.74. The molecule has 4 nitrogen and oxygen atoms in total. The van der Waals surface area contributed by atoms with Gasteiger partial charge in [0, 0.05) is 11.1 Å². The summed E-state index contributed by atoms with van der Waals surface area (Å²) in [5.74, 6) is -2.20. The van der Waals surface area contributed by atoms with E-state index in [4.69, 9.17) is 0 Å². The van der Waals surface area contributed by atoms with Gasteiger partial charge in [-0.1, -0.05) is 26.7 Å². The third kappa shape index (κ3) is 2.01. The zero-order chi connectivity index (χ0) is 12.3. The SMILES string of the molecule is CCCC1=C(O)C(=O)C(CCC)=C(O)C1=O. The van der Waals surface area contributed by atoms with Crippen LogP contribution >= 0.6 is 0 Å². The Morgan fingerprint density at radius 3 is 1.38 bits per heavy atom. The van der Waals surface area contributed by atoms with Gasteiger partial charge >= 0.3 is 0 Å². The van der Waals surface area contributed by atoms with Gasteiger partial charge in [0.05, 0.1) is 0 Å². The number of carbonyl (C=O) groups excluding carboxylic acids is 2. The number of aliphatic hydroxyl groups is 2. The highest BCUT2D eigenvalue weighted by molar-refractivity contribution is 6.23. The molecule has 0 atom stereocenters. The van der Waals surface area contributed by atoms with Crippen molar-refractivity contribution in [2.45, 2.75) is 39.5 Å². The maximum absolute atomic E-state index is 11.7. The molecule has 88 valence electrons. The minimum absolute atomic E-state index is 0.0323. The summed E-state index contributed by atoms with van der Waals surface area (Å²) in [6.45, 7) is 3.67. The number of allylic oxidation sites excluding steroid dienone is 2. The molecule has 1 aliphatic carbocycles. The first-order chi connectivity index (χ1) is 7.54. The number of Topliss-reactive ketones (excluding diaryl/α,β-unsaturated/α-hetero) is 2. The Balaban J connectivity index is 3.15. The van der Waals surface area contributed by atoms with Crippen LogP contribution in [0.4, 0.5) is 0 Å². The molecule has 0 aromatic carbocycles. The normalized spacial score (nSPS) is 17.4. The average molecular weight is 224 g/mol. The maximum Gasteiger partial charge on any atom is 0.227 e. The van der Waals surface area contributed by atoms with Gasteiger partial charge in [-0.15, -0.1) is 0 Å². The van der Waals surface area contributed by atoms with Gasteiger partial charge in [-0.05, 0) is 12.8 Å². The predicted octanol–water partition coefficient (Wildman–Crippen LogP) is 2.36. The number of hydrogen-bond acceptors (Lipinski definition) is 4. The van der Waals surface area contributed by atoms with Crippen molar-refractivity contribution in [2.24, 2.45) is 0 Å². The molecule has 0 bridgehead atoms. The van der Waals surface area contributed by atoms with Crippen molar-refractivity contribution in [3.05, 3.63) is 22.7 Å². The van der Waals surface area contributed by atoms with E-state index in [9.17, 15) is 19.8 Å². The first-order valence-electron chi connectivity index (χ1n) is 5.48. The highest BCUT2D eigenvalue weighted by Gasteiger charge is 2.33. The summed E-state index contributed by atoms with van der Waals surface area (Å²) in [6.07, 6.45) is 1.88. The third-order valence-corrected chi connectivity index (χ3v) is 2.55. The Bertz CT molecular complexity index is 350. The van der Waals surface area contributed by atoms with Crippen LogP contribution in [0.3, 0.4) is 0 Å². The van der Waals surface area contributed by atoms with Crippen LogP contribution in [-0.4, -0.2) is 21.8 Å². The molecule has 0 aromatic rings. The van der Waals surface area contributed by atoms with Crippen LogP contribution in [0.25, 0.3) is 0 Å². The fourth-order valence-electron chi connectivity index (χ4n) is 1.74. The zero-order valence-electron chi connectivity index (χ0n) is 9.54. The molecule has 4 heteroatoms. The molecule has 2 N–H and O–H groups in total. The first-order valence-corrected chi connectivity index (χ1v) is 5.48. The number of ketones is 2. The lowest BCUT2D eigenvalue weighted by Crippen LogP contribution is -2.24. The van der Waals surface area contributed by atoms with Crippen molar-refractivity contribution in [2.75, 3.05) is 0 Å². The molecular formula is C12H16O4.